The highest BCUT2D eigenvalue weighted by atomic mass is 16.5. The van der Waals surface area contributed by atoms with Crippen LogP contribution in [0, 0.1) is 6.92 Å². The maximum Gasteiger partial charge on any atom is 0.181 e. The van der Waals surface area contributed by atoms with E-state index in [0.717, 1.165) is 67.4 Å². The average molecular weight is 366 g/mol. The summed E-state index contributed by atoms with van der Waals surface area (Å²) in [6.45, 7) is 10.3. The molecule has 0 unspecified atom stereocenters. The van der Waals surface area contributed by atoms with E-state index in [2.05, 4.69) is 48.2 Å². The number of aromatic nitrogens is 3. The van der Waals surface area contributed by atoms with Crippen LogP contribution in [0.2, 0.25) is 0 Å². The van der Waals surface area contributed by atoms with Crippen LogP contribution in [-0.2, 0) is 11.3 Å². The van der Waals surface area contributed by atoms with Gasteiger partial charge in [0.05, 0.1) is 18.9 Å². The molecule has 1 saturated heterocycles. The van der Waals surface area contributed by atoms with E-state index >= 15 is 0 Å². The number of pyridine rings is 1. The molecular formula is C21H26N4O2. The van der Waals surface area contributed by atoms with Crippen molar-refractivity contribution in [2.75, 3.05) is 39.5 Å². The second-order valence-corrected chi connectivity index (χ2v) is 6.87. The van der Waals surface area contributed by atoms with Gasteiger partial charge in [-0.2, -0.15) is 5.10 Å². The van der Waals surface area contributed by atoms with Crippen LogP contribution < -0.4 is 4.74 Å². The molecule has 0 atom stereocenters. The molecule has 1 aromatic carbocycles. The standard InChI is InChI=1S/C21H26N4O2/c1-3-25-15-19-16(2)14-20(22-21(19)23-25)17-4-6-18(7-5-17)27-13-10-24-8-11-26-12-9-24/h4-7,14-15H,3,8-13H2,1-2H3. The number of aryl methyl sites for hydroxylation is 2. The van der Waals surface area contributed by atoms with E-state index in [1.165, 1.54) is 5.56 Å². The Bertz CT molecular complexity index is 898. The zero-order valence-electron chi connectivity index (χ0n) is 16.0. The summed E-state index contributed by atoms with van der Waals surface area (Å²) in [5, 5.41) is 5.66. The van der Waals surface area contributed by atoms with E-state index < -0.39 is 0 Å². The van der Waals surface area contributed by atoms with Gasteiger partial charge in [-0.15, -0.1) is 0 Å². The number of rotatable bonds is 6. The van der Waals surface area contributed by atoms with Crippen molar-refractivity contribution in [1.82, 2.24) is 19.7 Å². The smallest absolute Gasteiger partial charge is 0.181 e. The molecule has 4 rings (SSSR count). The van der Waals surface area contributed by atoms with Gasteiger partial charge < -0.3 is 9.47 Å². The molecule has 1 aliphatic rings. The van der Waals surface area contributed by atoms with Gasteiger partial charge in [0, 0.05) is 43.3 Å². The molecule has 0 amide bonds. The predicted octanol–water partition coefficient (Wildman–Crippen LogP) is 3.14. The zero-order valence-corrected chi connectivity index (χ0v) is 16.0. The Kier molecular flexibility index (Phi) is 5.36. The Morgan fingerprint density at radius 2 is 1.93 bits per heavy atom. The Morgan fingerprint density at radius 1 is 1.15 bits per heavy atom. The van der Waals surface area contributed by atoms with Crippen molar-refractivity contribution in [3.05, 3.63) is 42.1 Å². The van der Waals surface area contributed by atoms with Crippen molar-refractivity contribution < 1.29 is 9.47 Å². The molecule has 6 nitrogen and oxygen atoms in total. The first kappa shape index (κ1) is 17.9. The van der Waals surface area contributed by atoms with Crippen molar-refractivity contribution in [2.24, 2.45) is 0 Å². The molecule has 0 spiro atoms. The summed E-state index contributed by atoms with van der Waals surface area (Å²) < 4.78 is 13.2. The van der Waals surface area contributed by atoms with Gasteiger partial charge in [0.2, 0.25) is 0 Å². The van der Waals surface area contributed by atoms with Crippen molar-refractivity contribution in [3.63, 3.8) is 0 Å². The Morgan fingerprint density at radius 3 is 2.67 bits per heavy atom. The Balaban J connectivity index is 1.43. The van der Waals surface area contributed by atoms with Crippen LogP contribution in [0.25, 0.3) is 22.3 Å². The number of benzene rings is 1. The lowest BCUT2D eigenvalue weighted by atomic mass is 10.1. The number of hydrogen-bond donors (Lipinski definition) is 0. The maximum absolute atomic E-state index is 5.89. The van der Waals surface area contributed by atoms with Crippen molar-refractivity contribution >= 4 is 11.0 Å². The van der Waals surface area contributed by atoms with Gasteiger partial charge in [-0.05, 0) is 49.7 Å². The molecule has 0 aliphatic carbocycles. The fourth-order valence-corrected chi connectivity index (χ4v) is 3.35. The minimum absolute atomic E-state index is 0.692. The number of fused-ring (bicyclic) bond motifs is 1. The number of hydrogen-bond acceptors (Lipinski definition) is 5. The van der Waals surface area contributed by atoms with E-state index in [4.69, 9.17) is 14.5 Å². The third-order valence-electron chi connectivity index (χ3n) is 5.00. The topological polar surface area (TPSA) is 52.4 Å². The average Bonchev–Trinajstić information content (AvgIpc) is 3.13. The van der Waals surface area contributed by atoms with Crippen LogP contribution in [0.3, 0.4) is 0 Å². The Hall–Kier alpha value is -2.44. The van der Waals surface area contributed by atoms with Gasteiger partial charge in [-0.3, -0.25) is 9.58 Å². The molecule has 0 bridgehead atoms. The quantitative estimate of drug-likeness (QED) is 0.671. The molecule has 1 fully saturated rings. The molecule has 0 radical (unpaired) electrons. The highest BCUT2D eigenvalue weighted by Crippen LogP contribution is 2.25. The lowest BCUT2D eigenvalue weighted by molar-refractivity contribution is 0.0322. The molecule has 27 heavy (non-hydrogen) atoms. The fourth-order valence-electron chi connectivity index (χ4n) is 3.35. The number of ether oxygens (including phenoxy) is 2. The molecule has 6 heteroatoms. The van der Waals surface area contributed by atoms with E-state index in [-0.39, 0.29) is 0 Å². The summed E-state index contributed by atoms with van der Waals surface area (Å²) in [5.74, 6) is 0.889. The van der Waals surface area contributed by atoms with Crippen LogP contribution in [0.5, 0.6) is 5.75 Å². The van der Waals surface area contributed by atoms with Gasteiger partial charge in [0.25, 0.3) is 0 Å². The van der Waals surface area contributed by atoms with Crippen molar-refractivity contribution in [1.29, 1.82) is 0 Å². The summed E-state index contributed by atoms with van der Waals surface area (Å²) in [6.07, 6.45) is 2.06. The number of morpholine rings is 1. The lowest BCUT2D eigenvalue weighted by Gasteiger charge is -2.26. The minimum atomic E-state index is 0.692. The summed E-state index contributed by atoms with van der Waals surface area (Å²) in [4.78, 5) is 7.11. The zero-order chi connectivity index (χ0) is 18.6. The number of nitrogens with zero attached hydrogens (tertiary/aromatic N) is 4. The summed E-state index contributed by atoms with van der Waals surface area (Å²) in [5.41, 5.74) is 4.02. The molecule has 3 aromatic rings. The van der Waals surface area contributed by atoms with Gasteiger partial charge in [0.1, 0.15) is 12.4 Å². The van der Waals surface area contributed by atoms with Crippen LogP contribution in [0.1, 0.15) is 12.5 Å². The van der Waals surface area contributed by atoms with Crippen LogP contribution in [0.4, 0.5) is 0 Å². The van der Waals surface area contributed by atoms with E-state index in [1.807, 2.05) is 16.8 Å². The highest BCUT2D eigenvalue weighted by Gasteiger charge is 2.11. The largest absolute Gasteiger partial charge is 0.492 e. The third-order valence-corrected chi connectivity index (χ3v) is 5.00. The lowest BCUT2D eigenvalue weighted by Crippen LogP contribution is -2.38. The first-order valence-corrected chi connectivity index (χ1v) is 9.61. The van der Waals surface area contributed by atoms with Crippen LogP contribution in [0.15, 0.2) is 36.5 Å². The monoisotopic (exact) mass is 366 g/mol. The molecule has 1 aliphatic heterocycles. The van der Waals surface area contributed by atoms with Crippen molar-refractivity contribution in [2.45, 2.75) is 20.4 Å². The van der Waals surface area contributed by atoms with E-state index in [1.54, 1.807) is 0 Å². The summed E-state index contributed by atoms with van der Waals surface area (Å²) in [7, 11) is 0. The molecule has 0 saturated carbocycles. The highest BCUT2D eigenvalue weighted by molar-refractivity contribution is 5.81. The van der Waals surface area contributed by atoms with Gasteiger partial charge in [0.15, 0.2) is 5.65 Å². The first-order chi connectivity index (χ1) is 13.2. The summed E-state index contributed by atoms with van der Waals surface area (Å²) in [6, 6.07) is 10.3. The minimum Gasteiger partial charge on any atom is -0.492 e. The van der Waals surface area contributed by atoms with Crippen LogP contribution >= 0.6 is 0 Å². The van der Waals surface area contributed by atoms with Crippen LogP contribution in [-0.4, -0.2) is 59.1 Å². The molecular weight excluding hydrogens is 340 g/mol. The third kappa shape index (κ3) is 4.12. The van der Waals surface area contributed by atoms with Gasteiger partial charge in [-0.1, -0.05) is 0 Å². The second-order valence-electron chi connectivity index (χ2n) is 6.87. The molecule has 142 valence electrons. The molecule has 3 heterocycles. The Labute approximate surface area is 159 Å². The van der Waals surface area contributed by atoms with E-state index in [0.29, 0.717) is 6.61 Å². The second kappa shape index (κ2) is 8.06. The fraction of sp³-hybridized carbons (Fsp3) is 0.429. The van der Waals surface area contributed by atoms with E-state index in [9.17, 15) is 0 Å². The van der Waals surface area contributed by atoms with Crippen molar-refractivity contribution in [3.8, 4) is 17.0 Å². The SMILES string of the molecule is CCn1cc2c(C)cc(-c3ccc(OCCN4CCOCC4)cc3)nc2n1. The predicted molar refractivity (Wildman–Crippen MR) is 106 cm³/mol. The van der Waals surface area contributed by atoms with Gasteiger partial charge >= 0.3 is 0 Å². The van der Waals surface area contributed by atoms with Gasteiger partial charge in [-0.25, -0.2) is 4.98 Å². The normalized spacial score (nSPS) is 15.3. The summed E-state index contributed by atoms with van der Waals surface area (Å²) >= 11 is 0. The molecule has 0 N–H and O–H groups in total. The maximum atomic E-state index is 5.89. The molecule has 2 aromatic heterocycles. The first-order valence-electron chi connectivity index (χ1n) is 9.61.